The standard InChI is InChI=1S/C13H18N4O3S/c1-11-4-5-13(20-11)21(18,19)16-8-2-3-12(6-9-16)17-10-7-14-15-17/h4-5,7,10,12H,2-3,6,8-9H2,1H3. The fraction of sp³-hybridized carbons (Fsp3) is 0.538. The zero-order chi connectivity index (χ0) is 14.9. The molecule has 1 fully saturated rings. The summed E-state index contributed by atoms with van der Waals surface area (Å²) in [4.78, 5) is 0. The van der Waals surface area contributed by atoms with Crippen LogP contribution in [0.1, 0.15) is 31.1 Å². The molecule has 3 heterocycles. The van der Waals surface area contributed by atoms with Crippen LogP contribution in [0.5, 0.6) is 0 Å². The van der Waals surface area contributed by atoms with Gasteiger partial charge in [-0.05, 0) is 38.3 Å². The molecule has 0 aliphatic carbocycles. The molecular weight excluding hydrogens is 292 g/mol. The lowest BCUT2D eigenvalue weighted by molar-refractivity contribution is 0.366. The van der Waals surface area contributed by atoms with Gasteiger partial charge in [-0.1, -0.05) is 5.21 Å². The highest BCUT2D eigenvalue weighted by molar-refractivity contribution is 7.89. The third kappa shape index (κ3) is 2.86. The molecule has 7 nitrogen and oxygen atoms in total. The predicted octanol–water partition coefficient (Wildman–Crippen LogP) is 1.60. The van der Waals surface area contributed by atoms with Gasteiger partial charge < -0.3 is 4.42 Å². The van der Waals surface area contributed by atoms with E-state index < -0.39 is 10.0 Å². The predicted molar refractivity (Wildman–Crippen MR) is 75.1 cm³/mol. The number of sulfonamides is 1. The number of aromatic nitrogens is 3. The number of nitrogens with zero attached hydrogens (tertiary/aromatic N) is 4. The van der Waals surface area contributed by atoms with E-state index >= 15 is 0 Å². The molecular formula is C13H18N4O3S. The molecule has 1 unspecified atom stereocenters. The summed E-state index contributed by atoms with van der Waals surface area (Å²) in [5.41, 5.74) is 0. The Labute approximate surface area is 123 Å². The molecule has 0 aromatic carbocycles. The largest absolute Gasteiger partial charge is 0.449 e. The van der Waals surface area contributed by atoms with Crippen molar-refractivity contribution in [2.45, 2.75) is 37.3 Å². The zero-order valence-electron chi connectivity index (χ0n) is 11.8. The van der Waals surface area contributed by atoms with Crippen molar-refractivity contribution in [3.63, 3.8) is 0 Å². The summed E-state index contributed by atoms with van der Waals surface area (Å²) in [7, 11) is -3.54. The molecule has 1 saturated heterocycles. The Bertz CT molecular complexity index is 693. The molecule has 0 spiro atoms. The number of rotatable bonds is 3. The first kappa shape index (κ1) is 14.3. The lowest BCUT2D eigenvalue weighted by atomic mass is 10.1. The van der Waals surface area contributed by atoms with E-state index in [1.54, 1.807) is 19.2 Å². The van der Waals surface area contributed by atoms with E-state index in [0.29, 0.717) is 18.8 Å². The Morgan fingerprint density at radius 3 is 2.81 bits per heavy atom. The molecule has 0 amide bonds. The topological polar surface area (TPSA) is 81.2 Å². The Kier molecular flexibility index (Phi) is 3.81. The normalized spacial score (nSPS) is 21.3. The highest BCUT2D eigenvalue weighted by atomic mass is 32.2. The summed E-state index contributed by atoms with van der Waals surface area (Å²) in [5.74, 6) is 0.601. The van der Waals surface area contributed by atoms with Crippen molar-refractivity contribution in [3.8, 4) is 0 Å². The maximum Gasteiger partial charge on any atom is 0.276 e. The van der Waals surface area contributed by atoms with Crippen LogP contribution in [0.25, 0.3) is 0 Å². The Morgan fingerprint density at radius 2 is 2.14 bits per heavy atom. The fourth-order valence-corrected chi connectivity index (χ4v) is 4.09. The van der Waals surface area contributed by atoms with E-state index in [2.05, 4.69) is 10.3 Å². The average molecular weight is 310 g/mol. The minimum atomic E-state index is -3.54. The Morgan fingerprint density at radius 1 is 1.29 bits per heavy atom. The summed E-state index contributed by atoms with van der Waals surface area (Å²) in [6.07, 6.45) is 5.88. The fourth-order valence-electron chi connectivity index (χ4n) is 2.65. The van der Waals surface area contributed by atoms with E-state index in [0.717, 1.165) is 19.3 Å². The second-order valence-corrected chi connectivity index (χ2v) is 7.11. The third-order valence-electron chi connectivity index (χ3n) is 3.78. The van der Waals surface area contributed by atoms with Gasteiger partial charge in [-0.15, -0.1) is 5.10 Å². The molecule has 2 aromatic rings. The van der Waals surface area contributed by atoms with Gasteiger partial charge in [-0.25, -0.2) is 13.1 Å². The Balaban J connectivity index is 1.75. The van der Waals surface area contributed by atoms with Gasteiger partial charge in [0.15, 0.2) is 0 Å². The summed E-state index contributed by atoms with van der Waals surface area (Å²) in [6.45, 7) is 2.71. The van der Waals surface area contributed by atoms with Crippen LogP contribution in [0.15, 0.2) is 34.0 Å². The number of hydrogen-bond acceptors (Lipinski definition) is 5. The number of hydrogen-bond donors (Lipinski definition) is 0. The lowest BCUT2D eigenvalue weighted by Gasteiger charge is -2.18. The van der Waals surface area contributed by atoms with Crippen molar-refractivity contribution < 1.29 is 12.8 Å². The number of furan rings is 1. The van der Waals surface area contributed by atoms with Crippen molar-refractivity contribution in [1.29, 1.82) is 0 Å². The van der Waals surface area contributed by atoms with Gasteiger partial charge in [0.05, 0.1) is 12.2 Å². The summed E-state index contributed by atoms with van der Waals surface area (Å²) < 4.78 is 33.7. The molecule has 0 bridgehead atoms. The summed E-state index contributed by atoms with van der Waals surface area (Å²) >= 11 is 0. The first-order valence-electron chi connectivity index (χ1n) is 7.00. The molecule has 0 radical (unpaired) electrons. The van der Waals surface area contributed by atoms with Crippen LogP contribution in [-0.2, 0) is 10.0 Å². The summed E-state index contributed by atoms with van der Waals surface area (Å²) in [5, 5.41) is 7.85. The van der Waals surface area contributed by atoms with Crippen LogP contribution in [0, 0.1) is 6.92 Å². The monoisotopic (exact) mass is 310 g/mol. The average Bonchev–Trinajstić information content (AvgIpc) is 3.06. The van der Waals surface area contributed by atoms with E-state index in [-0.39, 0.29) is 11.1 Å². The van der Waals surface area contributed by atoms with Crippen LogP contribution in [0.3, 0.4) is 0 Å². The molecule has 0 N–H and O–H groups in total. The lowest BCUT2D eigenvalue weighted by Crippen LogP contribution is -2.32. The van der Waals surface area contributed by atoms with Crippen molar-refractivity contribution in [2.24, 2.45) is 0 Å². The Hall–Kier alpha value is -1.67. The van der Waals surface area contributed by atoms with Crippen molar-refractivity contribution in [1.82, 2.24) is 19.3 Å². The van der Waals surface area contributed by atoms with Gasteiger partial charge in [-0.2, -0.15) is 4.31 Å². The van der Waals surface area contributed by atoms with Crippen LogP contribution < -0.4 is 0 Å². The van der Waals surface area contributed by atoms with Gasteiger partial charge in [0.1, 0.15) is 5.76 Å². The third-order valence-corrected chi connectivity index (χ3v) is 5.55. The first-order valence-corrected chi connectivity index (χ1v) is 8.44. The van der Waals surface area contributed by atoms with E-state index in [1.165, 1.54) is 10.4 Å². The summed E-state index contributed by atoms with van der Waals surface area (Å²) in [6, 6.07) is 3.39. The molecule has 114 valence electrons. The molecule has 1 atom stereocenters. The van der Waals surface area contributed by atoms with Crippen LogP contribution in [-0.4, -0.2) is 40.8 Å². The molecule has 21 heavy (non-hydrogen) atoms. The van der Waals surface area contributed by atoms with Crippen LogP contribution in [0.2, 0.25) is 0 Å². The van der Waals surface area contributed by atoms with Crippen LogP contribution in [0.4, 0.5) is 0 Å². The van der Waals surface area contributed by atoms with E-state index in [1.807, 2.05) is 10.9 Å². The zero-order valence-corrected chi connectivity index (χ0v) is 12.7. The molecule has 1 aliphatic rings. The van der Waals surface area contributed by atoms with Crippen LogP contribution >= 0.6 is 0 Å². The molecule has 3 rings (SSSR count). The molecule has 8 heteroatoms. The smallest absolute Gasteiger partial charge is 0.276 e. The molecule has 0 saturated carbocycles. The van der Waals surface area contributed by atoms with E-state index in [9.17, 15) is 8.42 Å². The second-order valence-electron chi connectivity index (χ2n) is 5.24. The minimum Gasteiger partial charge on any atom is -0.449 e. The van der Waals surface area contributed by atoms with Gasteiger partial charge in [-0.3, -0.25) is 0 Å². The minimum absolute atomic E-state index is 0.0270. The van der Waals surface area contributed by atoms with E-state index in [4.69, 9.17) is 4.42 Å². The van der Waals surface area contributed by atoms with Crippen molar-refractivity contribution >= 4 is 10.0 Å². The SMILES string of the molecule is Cc1ccc(S(=O)(=O)N2CCCC(n3ccnn3)CC2)o1. The quantitative estimate of drug-likeness (QED) is 0.860. The van der Waals surface area contributed by atoms with Gasteiger partial charge in [0.25, 0.3) is 10.0 Å². The second kappa shape index (κ2) is 5.61. The molecule has 1 aliphatic heterocycles. The highest BCUT2D eigenvalue weighted by Crippen LogP contribution is 2.26. The van der Waals surface area contributed by atoms with Crippen molar-refractivity contribution in [2.75, 3.05) is 13.1 Å². The van der Waals surface area contributed by atoms with Gasteiger partial charge in [0.2, 0.25) is 5.09 Å². The van der Waals surface area contributed by atoms with Gasteiger partial charge >= 0.3 is 0 Å². The maximum atomic E-state index is 12.5. The number of aryl methyl sites for hydroxylation is 1. The maximum absolute atomic E-state index is 12.5. The molecule has 2 aromatic heterocycles. The van der Waals surface area contributed by atoms with Crippen molar-refractivity contribution in [3.05, 3.63) is 30.3 Å². The first-order chi connectivity index (χ1) is 10.1. The van der Waals surface area contributed by atoms with Gasteiger partial charge in [0, 0.05) is 19.3 Å². The highest BCUT2D eigenvalue weighted by Gasteiger charge is 2.30.